The number of aromatic nitrogens is 2. The van der Waals surface area contributed by atoms with Crippen molar-refractivity contribution in [2.75, 3.05) is 13.2 Å². The molecule has 2 rings (SSSR count). The van der Waals surface area contributed by atoms with E-state index in [4.69, 9.17) is 4.74 Å². The van der Waals surface area contributed by atoms with Crippen LogP contribution < -0.4 is 0 Å². The molecule has 1 aliphatic rings. The second kappa shape index (κ2) is 5.85. The molecule has 1 saturated heterocycles. The smallest absolute Gasteiger partial charge is 0.0738 e. The average molecular weight is 366 g/mol. The Morgan fingerprint density at radius 1 is 1.53 bits per heavy atom. The zero-order chi connectivity index (χ0) is 12.4. The van der Waals surface area contributed by atoms with Gasteiger partial charge in [0.05, 0.1) is 22.5 Å². The Kier molecular flexibility index (Phi) is 4.66. The summed E-state index contributed by atoms with van der Waals surface area (Å²) in [7, 11) is 0. The average Bonchev–Trinajstić information content (AvgIpc) is 2.59. The molecule has 1 aromatic heterocycles. The van der Waals surface area contributed by atoms with Gasteiger partial charge in [-0.05, 0) is 42.6 Å². The summed E-state index contributed by atoms with van der Waals surface area (Å²) >= 11 is 7.41. The van der Waals surface area contributed by atoms with Crippen LogP contribution in [0.15, 0.2) is 4.47 Å². The molecular formula is C12H18Br2N2O. The molecule has 0 N–H and O–H groups in total. The fourth-order valence-corrected chi connectivity index (χ4v) is 3.24. The Balaban J connectivity index is 2.16. The number of ether oxygens (including phenoxy) is 1. The monoisotopic (exact) mass is 364 g/mol. The summed E-state index contributed by atoms with van der Waals surface area (Å²) in [5, 5.41) is 4.53. The minimum Gasteiger partial charge on any atom is -0.381 e. The molecule has 0 bridgehead atoms. The van der Waals surface area contributed by atoms with E-state index in [2.05, 4.69) is 48.6 Å². The number of rotatable bonds is 3. The van der Waals surface area contributed by atoms with Gasteiger partial charge < -0.3 is 4.74 Å². The molecule has 0 saturated carbocycles. The molecule has 2 heterocycles. The number of hydrogen-bond acceptors (Lipinski definition) is 2. The van der Waals surface area contributed by atoms with E-state index in [9.17, 15) is 0 Å². The molecule has 17 heavy (non-hydrogen) atoms. The van der Waals surface area contributed by atoms with Crippen LogP contribution in [0.5, 0.6) is 0 Å². The summed E-state index contributed by atoms with van der Waals surface area (Å²) in [6.07, 6.45) is 2.12. The van der Waals surface area contributed by atoms with Gasteiger partial charge in [0.1, 0.15) is 0 Å². The van der Waals surface area contributed by atoms with E-state index in [0.29, 0.717) is 10.7 Å². The first kappa shape index (κ1) is 13.6. The maximum absolute atomic E-state index is 5.57. The number of hydrogen-bond donors (Lipinski definition) is 0. The fourth-order valence-electron chi connectivity index (χ4n) is 2.27. The highest BCUT2D eigenvalue weighted by molar-refractivity contribution is 9.10. The van der Waals surface area contributed by atoms with Gasteiger partial charge in [-0.15, -0.1) is 0 Å². The van der Waals surface area contributed by atoms with Crippen molar-refractivity contribution in [3.8, 4) is 0 Å². The first-order chi connectivity index (χ1) is 8.13. The van der Waals surface area contributed by atoms with Crippen molar-refractivity contribution >= 4 is 31.9 Å². The van der Waals surface area contributed by atoms with E-state index in [1.807, 2.05) is 6.92 Å². The van der Waals surface area contributed by atoms with Gasteiger partial charge in [0.25, 0.3) is 0 Å². The van der Waals surface area contributed by atoms with Crippen molar-refractivity contribution in [1.82, 2.24) is 9.78 Å². The van der Waals surface area contributed by atoms with Gasteiger partial charge in [-0.25, -0.2) is 0 Å². The lowest BCUT2D eigenvalue weighted by molar-refractivity contribution is 0.0598. The van der Waals surface area contributed by atoms with E-state index in [1.54, 1.807) is 0 Å². The van der Waals surface area contributed by atoms with Crippen LogP contribution in [0.2, 0.25) is 0 Å². The third kappa shape index (κ3) is 2.93. The van der Waals surface area contributed by atoms with Crippen LogP contribution in [-0.2, 0) is 17.7 Å². The molecule has 0 radical (unpaired) electrons. The van der Waals surface area contributed by atoms with Crippen molar-refractivity contribution in [3.05, 3.63) is 15.9 Å². The highest BCUT2D eigenvalue weighted by atomic mass is 79.9. The molecule has 5 heteroatoms. The third-order valence-corrected chi connectivity index (χ3v) is 5.53. The Labute approximate surface area is 119 Å². The predicted octanol–water partition coefficient (Wildman–Crippen LogP) is 3.32. The lowest BCUT2D eigenvalue weighted by Gasteiger charge is -2.27. The standard InChI is InChI=1S/C12H18Br2N2O/c1-3-16-11(12(14)8(2)15-16)6-9-7-17-5-4-10(9)13/h9-10H,3-7H2,1-2H3. The van der Waals surface area contributed by atoms with Crippen molar-refractivity contribution < 1.29 is 4.74 Å². The van der Waals surface area contributed by atoms with Gasteiger partial charge in [-0.1, -0.05) is 15.9 Å². The topological polar surface area (TPSA) is 27.1 Å². The van der Waals surface area contributed by atoms with Crippen molar-refractivity contribution in [2.24, 2.45) is 5.92 Å². The molecule has 2 atom stereocenters. The van der Waals surface area contributed by atoms with Crippen LogP contribution in [0.1, 0.15) is 24.7 Å². The van der Waals surface area contributed by atoms with E-state index >= 15 is 0 Å². The molecule has 3 nitrogen and oxygen atoms in total. The molecule has 1 fully saturated rings. The molecule has 96 valence electrons. The van der Waals surface area contributed by atoms with Crippen molar-refractivity contribution in [1.29, 1.82) is 0 Å². The lowest BCUT2D eigenvalue weighted by Crippen LogP contribution is -2.30. The number of halogens is 2. The van der Waals surface area contributed by atoms with E-state index in [1.165, 1.54) is 5.69 Å². The van der Waals surface area contributed by atoms with Crippen LogP contribution >= 0.6 is 31.9 Å². The van der Waals surface area contributed by atoms with E-state index in [-0.39, 0.29) is 0 Å². The van der Waals surface area contributed by atoms with Gasteiger partial charge in [0.15, 0.2) is 0 Å². The van der Waals surface area contributed by atoms with Crippen molar-refractivity contribution in [3.63, 3.8) is 0 Å². The van der Waals surface area contributed by atoms with Crippen LogP contribution in [0, 0.1) is 12.8 Å². The molecular weight excluding hydrogens is 348 g/mol. The molecule has 2 unspecified atom stereocenters. The van der Waals surface area contributed by atoms with Crippen molar-refractivity contribution in [2.45, 2.75) is 38.1 Å². The first-order valence-corrected chi connectivity index (χ1v) is 7.78. The predicted molar refractivity (Wildman–Crippen MR) is 75.7 cm³/mol. The summed E-state index contributed by atoms with van der Waals surface area (Å²) in [4.78, 5) is 0.559. The molecule has 1 aliphatic heterocycles. The Bertz CT molecular complexity index is 392. The van der Waals surface area contributed by atoms with E-state index < -0.39 is 0 Å². The SMILES string of the molecule is CCn1nc(C)c(Br)c1CC1COCCC1Br. The second-order valence-electron chi connectivity index (χ2n) is 4.51. The van der Waals surface area contributed by atoms with Gasteiger partial charge in [-0.2, -0.15) is 5.10 Å². The maximum Gasteiger partial charge on any atom is 0.0738 e. The highest BCUT2D eigenvalue weighted by Gasteiger charge is 2.26. The quantitative estimate of drug-likeness (QED) is 0.768. The normalized spacial score (nSPS) is 25.2. The first-order valence-electron chi connectivity index (χ1n) is 6.07. The largest absolute Gasteiger partial charge is 0.381 e. The minimum atomic E-state index is 0.543. The van der Waals surface area contributed by atoms with E-state index in [0.717, 1.165) is 42.8 Å². The third-order valence-electron chi connectivity index (χ3n) is 3.29. The van der Waals surface area contributed by atoms with Crippen LogP contribution in [-0.4, -0.2) is 27.8 Å². The molecule has 0 aromatic carbocycles. The summed E-state index contributed by atoms with van der Waals surface area (Å²) < 4.78 is 8.82. The summed E-state index contributed by atoms with van der Waals surface area (Å²) in [6, 6.07) is 0. The lowest BCUT2D eigenvalue weighted by atomic mass is 9.96. The van der Waals surface area contributed by atoms with Crippen LogP contribution in [0.3, 0.4) is 0 Å². The van der Waals surface area contributed by atoms with Crippen LogP contribution in [0.4, 0.5) is 0 Å². The molecule has 0 amide bonds. The van der Waals surface area contributed by atoms with Crippen LogP contribution in [0.25, 0.3) is 0 Å². The molecule has 0 spiro atoms. The Morgan fingerprint density at radius 2 is 2.29 bits per heavy atom. The maximum atomic E-state index is 5.57. The van der Waals surface area contributed by atoms with Gasteiger partial charge in [0, 0.05) is 23.9 Å². The number of aryl methyl sites for hydroxylation is 2. The zero-order valence-electron chi connectivity index (χ0n) is 10.2. The molecule has 1 aromatic rings. The second-order valence-corrected chi connectivity index (χ2v) is 6.47. The Morgan fingerprint density at radius 3 is 2.94 bits per heavy atom. The zero-order valence-corrected chi connectivity index (χ0v) is 13.4. The minimum absolute atomic E-state index is 0.543. The summed E-state index contributed by atoms with van der Waals surface area (Å²) in [6.45, 7) is 6.81. The summed E-state index contributed by atoms with van der Waals surface area (Å²) in [5.74, 6) is 0.543. The Hall–Kier alpha value is 0.130. The van der Waals surface area contributed by atoms with Gasteiger partial charge in [-0.3, -0.25) is 4.68 Å². The van der Waals surface area contributed by atoms with Gasteiger partial charge in [0.2, 0.25) is 0 Å². The van der Waals surface area contributed by atoms with Gasteiger partial charge >= 0.3 is 0 Å². The fraction of sp³-hybridized carbons (Fsp3) is 0.750. The molecule has 0 aliphatic carbocycles. The number of alkyl halides is 1. The number of nitrogens with zero attached hydrogens (tertiary/aromatic N) is 2. The summed E-state index contributed by atoms with van der Waals surface area (Å²) in [5.41, 5.74) is 2.37. The highest BCUT2D eigenvalue weighted by Crippen LogP contribution is 2.29.